The molecular weight excluding hydrogens is 380 g/mol. The van der Waals surface area contributed by atoms with Gasteiger partial charge in [0.05, 0.1) is 11.2 Å². The number of fused-ring (bicyclic) bond motifs is 1. The summed E-state index contributed by atoms with van der Waals surface area (Å²) in [6.45, 7) is 5.96. The fourth-order valence-corrected chi connectivity index (χ4v) is 3.84. The number of anilines is 1. The Labute approximate surface area is 184 Å². The first kappa shape index (κ1) is 20.8. The Morgan fingerprint density at radius 3 is 2.06 bits per heavy atom. The number of carbonyl (C=O) groups excluding carboxylic acids is 1. The minimum absolute atomic E-state index is 0.0115. The summed E-state index contributed by atoms with van der Waals surface area (Å²) in [6, 6.07) is 29.2. The summed E-state index contributed by atoms with van der Waals surface area (Å²) in [7, 11) is 0. The topological polar surface area (TPSA) is 42.0 Å². The molecule has 3 nitrogen and oxygen atoms in total. The molecule has 0 saturated carbocycles. The van der Waals surface area contributed by atoms with Crippen LogP contribution < -0.4 is 5.32 Å². The Hall–Kier alpha value is -3.46. The van der Waals surface area contributed by atoms with Crippen LogP contribution >= 0.6 is 0 Å². The van der Waals surface area contributed by atoms with E-state index in [1.165, 1.54) is 16.7 Å². The second-order valence-corrected chi connectivity index (χ2v) is 8.55. The van der Waals surface area contributed by atoms with E-state index in [4.69, 9.17) is 0 Å². The molecule has 4 rings (SSSR count). The first-order chi connectivity index (χ1) is 15.0. The van der Waals surface area contributed by atoms with Crippen LogP contribution in [0.2, 0.25) is 0 Å². The summed E-state index contributed by atoms with van der Waals surface area (Å²) >= 11 is 0. The van der Waals surface area contributed by atoms with Crippen LogP contribution in [0.5, 0.6) is 0 Å². The Bertz CT molecular complexity index is 1140. The zero-order valence-electron chi connectivity index (χ0n) is 18.3. The molecule has 3 aromatic carbocycles. The van der Waals surface area contributed by atoms with E-state index >= 15 is 0 Å². The molecule has 3 heteroatoms. The minimum Gasteiger partial charge on any atom is -0.324 e. The third-order valence-electron chi connectivity index (χ3n) is 6.13. The lowest BCUT2D eigenvalue weighted by Gasteiger charge is -2.24. The average Bonchev–Trinajstić information content (AvgIpc) is 2.82. The second-order valence-electron chi connectivity index (χ2n) is 8.55. The highest BCUT2D eigenvalue weighted by Crippen LogP contribution is 2.38. The number of aromatic nitrogens is 1. The zero-order valence-corrected chi connectivity index (χ0v) is 18.3. The van der Waals surface area contributed by atoms with Crippen molar-refractivity contribution in [3.8, 4) is 0 Å². The van der Waals surface area contributed by atoms with E-state index in [9.17, 15) is 4.79 Å². The summed E-state index contributed by atoms with van der Waals surface area (Å²) < 4.78 is 0. The first-order valence-corrected chi connectivity index (χ1v) is 10.8. The summed E-state index contributed by atoms with van der Waals surface area (Å²) in [6.07, 6.45) is 2.55. The lowest BCUT2D eigenvalue weighted by Crippen LogP contribution is -2.30. The van der Waals surface area contributed by atoms with E-state index in [1.54, 1.807) is 6.20 Å². The molecular formula is C28H28N2O. The number of hydrogen-bond acceptors (Lipinski definition) is 2. The molecule has 4 aromatic rings. The smallest absolute Gasteiger partial charge is 0.230 e. The van der Waals surface area contributed by atoms with Crippen LogP contribution in [0.15, 0.2) is 91.1 Å². The molecule has 0 fully saturated rings. The van der Waals surface area contributed by atoms with Gasteiger partial charge in [-0.15, -0.1) is 0 Å². The van der Waals surface area contributed by atoms with Crippen LogP contribution in [0.3, 0.4) is 0 Å². The van der Waals surface area contributed by atoms with Gasteiger partial charge < -0.3 is 5.32 Å². The molecule has 0 aliphatic heterocycles. The van der Waals surface area contributed by atoms with Crippen LogP contribution in [-0.2, 0) is 4.79 Å². The molecule has 0 radical (unpaired) electrons. The summed E-state index contributed by atoms with van der Waals surface area (Å²) in [4.78, 5) is 17.5. The number of pyridine rings is 1. The van der Waals surface area contributed by atoms with Gasteiger partial charge in [-0.1, -0.05) is 93.6 Å². The summed E-state index contributed by atoms with van der Waals surface area (Å²) in [5, 5.41) is 4.17. The highest BCUT2D eigenvalue weighted by molar-refractivity contribution is 6.03. The van der Waals surface area contributed by atoms with Gasteiger partial charge in [-0.3, -0.25) is 9.78 Å². The van der Waals surface area contributed by atoms with Crippen LogP contribution in [0.25, 0.3) is 10.9 Å². The molecule has 0 aliphatic carbocycles. The number of nitrogens with one attached hydrogen (secondary N) is 1. The monoisotopic (exact) mass is 408 g/mol. The maximum Gasteiger partial charge on any atom is 0.230 e. The lowest BCUT2D eigenvalue weighted by atomic mass is 9.83. The average molecular weight is 409 g/mol. The quantitative estimate of drug-likeness (QED) is 0.357. The molecule has 0 saturated heterocycles. The van der Waals surface area contributed by atoms with Crippen molar-refractivity contribution < 1.29 is 4.79 Å². The Morgan fingerprint density at radius 2 is 1.48 bits per heavy atom. The first-order valence-electron chi connectivity index (χ1n) is 10.8. The third-order valence-corrected chi connectivity index (χ3v) is 6.13. The maximum atomic E-state index is 12.8. The highest BCUT2D eigenvalue weighted by Gasteiger charge is 2.26. The number of hydrogen-bond donors (Lipinski definition) is 1. The fourth-order valence-electron chi connectivity index (χ4n) is 3.84. The van der Waals surface area contributed by atoms with E-state index < -0.39 is 5.41 Å². The summed E-state index contributed by atoms with van der Waals surface area (Å²) in [5.74, 6) is 0.0864. The van der Waals surface area contributed by atoms with E-state index in [0.29, 0.717) is 0 Å². The van der Waals surface area contributed by atoms with Crippen molar-refractivity contribution in [2.45, 2.75) is 33.1 Å². The van der Waals surface area contributed by atoms with Gasteiger partial charge in [0.25, 0.3) is 0 Å². The lowest BCUT2D eigenvalue weighted by molar-refractivity contribution is -0.124. The van der Waals surface area contributed by atoms with Crippen molar-refractivity contribution in [2.24, 2.45) is 5.41 Å². The third kappa shape index (κ3) is 4.22. The predicted octanol–water partition coefficient (Wildman–Crippen LogP) is 6.79. The molecule has 156 valence electrons. The van der Waals surface area contributed by atoms with Crippen molar-refractivity contribution in [2.75, 3.05) is 5.32 Å². The molecule has 1 amide bonds. The number of nitrogens with zero attached hydrogens (tertiary/aromatic N) is 1. The molecule has 0 spiro atoms. The van der Waals surface area contributed by atoms with Crippen molar-refractivity contribution >= 4 is 22.5 Å². The van der Waals surface area contributed by atoms with Crippen molar-refractivity contribution in [3.63, 3.8) is 0 Å². The van der Waals surface area contributed by atoms with Crippen LogP contribution in [-0.4, -0.2) is 10.9 Å². The maximum absolute atomic E-state index is 12.8. The van der Waals surface area contributed by atoms with Gasteiger partial charge in [-0.2, -0.15) is 0 Å². The molecule has 1 aromatic heterocycles. The van der Waals surface area contributed by atoms with Gasteiger partial charge in [0.1, 0.15) is 0 Å². The van der Waals surface area contributed by atoms with E-state index in [-0.39, 0.29) is 11.8 Å². The number of rotatable bonds is 6. The van der Waals surface area contributed by atoms with Crippen LogP contribution in [0.1, 0.15) is 49.8 Å². The van der Waals surface area contributed by atoms with Crippen molar-refractivity contribution in [1.29, 1.82) is 0 Å². The number of carbonyl (C=O) groups is 1. The van der Waals surface area contributed by atoms with E-state index in [2.05, 4.69) is 71.0 Å². The van der Waals surface area contributed by atoms with Gasteiger partial charge in [-0.25, -0.2) is 0 Å². The van der Waals surface area contributed by atoms with E-state index in [0.717, 1.165) is 23.0 Å². The SMILES string of the molecule is CCC(C)(C)C(=O)Nc1ccc(C(c2ccccc2)c2ccccc2)c2cccnc12. The Kier molecular flexibility index (Phi) is 5.85. The van der Waals surface area contributed by atoms with Crippen molar-refractivity contribution in [1.82, 2.24) is 4.98 Å². The number of amides is 1. The highest BCUT2D eigenvalue weighted by atomic mass is 16.2. The standard InChI is InChI=1S/C28H28N2O/c1-4-28(2,3)27(31)30-24-18-17-22(23-16-11-19-29-26(23)24)25(20-12-7-5-8-13-20)21-14-9-6-10-15-21/h5-19,25H,4H2,1-3H3,(H,30,31). The van der Waals surface area contributed by atoms with Gasteiger partial charge in [0, 0.05) is 22.9 Å². The zero-order chi connectivity index (χ0) is 21.8. The van der Waals surface area contributed by atoms with Gasteiger partial charge >= 0.3 is 0 Å². The fraction of sp³-hybridized carbons (Fsp3) is 0.214. The molecule has 1 heterocycles. The molecule has 0 unspecified atom stereocenters. The summed E-state index contributed by atoms with van der Waals surface area (Å²) in [5.41, 5.74) is 4.76. The van der Waals surface area contributed by atoms with E-state index in [1.807, 2.05) is 45.0 Å². The van der Waals surface area contributed by atoms with Crippen molar-refractivity contribution in [3.05, 3.63) is 108 Å². The van der Waals surface area contributed by atoms with Crippen LogP contribution in [0.4, 0.5) is 5.69 Å². The predicted molar refractivity (Wildman–Crippen MR) is 128 cm³/mol. The molecule has 0 atom stereocenters. The largest absolute Gasteiger partial charge is 0.324 e. The normalized spacial score (nSPS) is 11.6. The molecule has 1 N–H and O–H groups in total. The molecule has 31 heavy (non-hydrogen) atoms. The van der Waals surface area contributed by atoms with Gasteiger partial charge in [-0.05, 0) is 35.2 Å². The van der Waals surface area contributed by atoms with Gasteiger partial charge in [0.15, 0.2) is 0 Å². The molecule has 0 aliphatic rings. The second kappa shape index (κ2) is 8.73. The Balaban J connectivity index is 1.87. The van der Waals surface area contributed by atoms with Gasteiger partial charge in [0.2, 0.25) is 5.91 Å². The Morgan fingerprint density at radius 1 is 0.871 bits per heavy atom. The van der Waals surface area contributed by atoms with Crippen LogP contribution in [0, 0.1) is 5.41 Å². The molecule has 0 bridgehead atoms. The minimum atomic E-state index is -0.434. The number of benzene rings is 3.